The molecule has 4 unspecified atom stereocenters. The Morgan fingerprint density at radius 1 is 1.19 bits per heavy atom. The number of amides is 1. The molecule has 1 aromatic rings. The first-order chi connectivity index (χ1) is 11.9. The summed E-state index contributed by atoms with van der Waals surface area (Å²) in [6, 6.07) is 9.47. The van der Waals surface area contributed by atoms with Gasteiger partial charge in [0.05, 0.1) is 18.1 Å². The highest BCUT2D eigenvalue weighted by atomic mass is 32.2. The van der Waals surface area contributed by atoms with Gasteiger partial charge in [-0.1, -0.05) is 57.7 Å². The molecule has 4 atom stereocenters. The Morgan fingerprint density at radius 2 is 1.77 bits per heavy atom. The van der Waals surface area contributed by atoms with Gasteiger partial charge in [0.2, 0.25) is 5.91 Å². The first-order valence-electron chi connectivity index (χ1n) is 9.19. The molecule has 0 radical (unpaired) electrons. The third-order valence-electron chi connectivity index (χ3n) is 5.66. The van der Waals surface area contributed by atoms with Crippen LogP contribution in [0.3, 0.4) is 0 Å². The van der Waals surface area contributed by atoms with Crippen molar-refractivity contribution in [3.05, 3.63) is 30.3 Å². The van der Waals surface area contributed by atoms with Crippen LogP contribution in [0.1, 0.15) is 34.6 Å². The molecule has 0 aliphatic carbocycles. The van der Waals surface area contributed by atoms with Crippen LogP contribution in [-0.4, -0.2) is 31.5 Å². The Bertz CT molecular complexity index is 657. The minimum absolute atomic E-state index is 0.0283. The van der Waals surface area contributed by atoms with Crippen molar-refractivity contribution in [2.45, 2.75) is 69.8 Å². The van der Waals surface area contributed by atoms with E-state index in [4.69, 9.17) is 4.43 Å². The smallest absolute Gasteiger partial charge is 0.226 e. The maximum absolute atomic E-state index is 12.7. The fourth-order valence-electron chi connectivity index (χ4n) is 2.92. The number of thioether (sulfide) groups is 1. The van der Waals surface area contributed by atoms with Crippen LogP contribution < -0.4 is 5.32 Å². The van der Waals surface area contributed by atoms with Gasteiger partial charge in [0, 0.05) is 10.8 Å². The molecule has 0 saturated carbocycles. The van der Waals surface area contributed by atoms with Gasteiger partial charge in [-0.15, -0.1) is 0 Å². The maximum atomic E-state index is 12.7. The van der Waals surface area contributed by atoms with Crippen molar-refractivity contribution >= 4 is 31.1 Å². The third kappa shape index (κ3) is 4.59. The highest BCUT2D eigenvalue weighted by molar-refractivity contribution is 8.13. The number of β-lactam (4-membered cyclic amide) rings is 1. The molecule has 1 amide bonds. The van der Waals surface area contributed by atoms with E-state index in [1.807, 2.05) is 44.2 Å². The van der Waals surface area contributed by atoms with Crippen LogP contribution in [0.5, 0.6) is 0 Å². The summed E-state index contributed by atoms with van der Waals surface area (Å²) < 4.78 is 6.44. The molecule has 0 spiro atoms. The predicted octanol–water partition coefficient (Wildman–Crippen LogP) is 4.47. The van der Waals surface area contributed by atoms with Crippen molar-refractivity contribution < 1.29 is 14.0 Å². The largest absolute Gasteiger partial charge is 0.412 e. The average molecular weight is 394 g/mol. The Hall–Kier alpha value is -1.11. The van der Waals surface area contributed by atoms with E-state index in [2.05, 4.69) is 39.2 Å². The minimum atomic E-state index is -1.93. The van der Waals surface area contributed by atoms with Crippen LogP contribution >= 0.6 is 11.8 Å². The molecule has 1 fully saturated rings. The lowest BCUT2D eigenvalue weighted by Gasteiger charge is -2.47. The highest BCUT2D eigenvalue weighted by Crippen LogP contribution is 2.39. The Labute approximate surface area is 162 Å². The summed E-state index contributed by atoms with van der Waals surface area (Å²) in [5.41, 5.74) is 0. The number of carbonyl (C=O) groups excluding carboxylic acids is 2. The lowest BCUT2D eigenvalue weighted by atomic mass is 9.78. The van der Waals surface area contributed by atoms with Crippen LogP contribution in [0.4, 0.5) is 0 Å². The number of rotatable bonds is 6. The van der Waals surface area contributed by atoms with Gasteiger partial charge < -0.3 is 9.74 Å². The van der Waals surface area contributed by atoms with Gasteiger partial charge in [-0.05, 0) is 37.2 Å². The third-order valence-corrected chi connectivity index (χ3v) is 11.3. The molecule has 0 aromatic heterocycles. The zero-order valence-electron chi connectivity index (χ0n) is 16.8. The lowest BCUT2D eigenvalue weighted by molar-refractivity contribution is -0.144. The molecular weight excluding hydrogens is 362 g/mol. The molecule has 1 N–H and O–H groups in total. The van der Waals surface area contributed by atoms with E-state index < -0.39 is 8.32 Å². The lowest BCUT2D eigenvalue weighted by Crippen LogP contribution is -2.67. The monoisotopic (exact) mass is 393 g/mol. The van der Waals surface area contributed by atoms with Crippen molar-refractivity contribution in [3.63, 3.8) is 0 Å². The molecular formula is C20H31NO3SSi. The van der Waals surface area contributed by atoms with Gasteiger partial charge in [0.15, 0.2) is 13.4 Å². The van der Waals surface area contributed by atoms with Crippen molar-refractivity contribution in [1.82, 2.24) is 5.32 Å². The second-order valence-electron chi connectivity index (χ2n) is 8.67. The van der Waals surface area contributed by atoms with Crippen LogP contribution in [0.2, 0.25) is 18.1 Å². The van der Waals surface area contributed by atoms with Crippen LogP contribution in [0.25, 0.3) is 0 Å². The first kappa shape index (κ1) is 21.2. The van der Waals surface area contributed by atoms with E-state index >= 15 is 0 Å². The maximum Gasteiger partial charge on any atom is 0.226 e. The molecule has 6 heteroatoms. The standard InChI is InChI=1S/C20H31NO3SSi/c1-13(19(23)25-15-11-9-8-10-12-15)16-17(21-18(16)22)14(2)24-26(6,7)20(3,4)5/h8-14,16-17H,1-7H3,(H,21,22). The molecule has 26 heavy (non-hydrogen) atoms. The highest BCUT2D eigenvalue weighted by Gasteiger charge is 2.50. The predicted molar refractivity (Wildman–Crippen MR) is 110 cm³/mol. The van der Waals surface area contributed by atoms with Gasteiger partial charge in [-0.25, -0.2) is 0 Å². The molecule has 144 valence electrons. The van der Waals surface area contributed by atoms with Crippen molar-refractivity contribution in [2.75, 3.05) is 0 Å². The summed E-state index contributed by atoms with van der Waals surface area (Å²) in [7, 11) is -1.93. The summed E-state index contributed by atoms with van der Waals surface area (Å²) in [6.07, 6.45) is -0.101. The molecule has 1 saturated heterocycles. The van der Waals surface area contributed by atoms with E-state index in [9.17, 15) is 9.59 Å². The second kappa shape index (κ2) is 7.86. The molecule has 4 nitrogen and oxygen atoms in total. The zero-order valence-corrected chi connectivity index (χ0v) is 18.6. The van der Waals surface area contributed by atoms with Gasteiger partial charge >= 0.3 is 0 Å². The van der Waals surface area contributed by atoms with Gasteiger partial charge in [0.1, 0.15) is 0 Å². The topological polar surface area (TPSA) is 55.4 Å². The summed E-state index contributed by atoms with van der Waals surface area (Å²) in [6.45, 7) is 14.9. The first-order valence-corrected chi connectivity index (χ1v) is 12.9. The van der Waals surface area contributed by atoms with E-state index in [1.165, 1.54) is 11.8 Å². The summed E-state index contributed by atoms with van der Waals surface area (Å²) in [4.78, 5) is 25.8. The Kier molecular flexibility index (Phi) is 6.41. The number of hydrogen-bond donors (Lipinski definition) is 1. The zero-order chi connectivity index (χ0) is 19.7. The Balaban J connectivity index is 2.03. The van der Waals surface area contributed by atoms with Crippen molar-refractivity contribution in [2.24, 2.45) is 11.8 Å². The quantitative estimate of drug-likeness (QED) is 0.440. The molecule has 1 aliphatic heterocycles. The number of benzene rings is 1. The fraction of sp³-hybridized carbons (Fsp3) is 0.600. The number of hydrogen-bond acceptors (Lipinski definition) is 4. The normalized spacial score (nSPS) is 23.0. The van der Waals surface area contributed by atoms with Gasteiger partial charge in [-0.3, -0.25) is 9.59 Å². The summed E-state index contributed by atoms with van der Waals surface area (Å²) in [5, 5.41) is 3.10. The summed E-state index contributed by atoms with van der Waals surface area (Å²) >= 11 is 1.21. The molecule has 1 aromatic carbocycles. The van der Waals surface area contributed by atoms with E-state index in [1.54, 1.807) is 0 Å². The second-order valence-corrected chi connectivity index (χ2v) is 14.5. The van der Waals surface area contributed by atoms with Gasteiger partial charge in [-0.2, -0.15) is 0 Å². The average Bonchev–Trinajstić information content (AvgIpc) is 2.51. The fourth-order valence-corrected chi connectivity index (χ4v) is 5.21. The van der Waals surface area contributed by atoms with Crippen LogP contribution in [0.15, 0.2) is 35.2 Å². The summed E-state index contributed by atoms with van der Waals surface area (Å²) in [5.74, 6) is -0.710. The van der Waals surface area contributed by atoms with Crippen LogP contribution in [0, 0.1) is 11.8 Å². The molecule has 0 bridgehead atoms. The van der Waals surface area contributed by atoms with E-state index in [-0.39, 0.29) is 40.0 Å². The van der Waals surface area contributed by atoms with E-state index in [0.29, 0.717) is 0 Å². The van der Waals surface area contributed by atoms with E-state index in [0.717, 1.165) is 4.90 Å². The Morgan fingerprint density at radius 3 is 2.27 bits per heavy atom. The van der Waals surface area contributed by atoms with Crippen molar-refractivity contribution in [3.8, 4) is 0 Å². The minimum Gasteiger partial charge on any atom is -0.412 e. The molecule has 2 rings (SSSR count). The molecule has 1 heterocycles. The van der Waals surface area contributed by atoms with Gasteiger partial charge in [0.25, 0.3) is 0 Å². The van der Waals surface area contributed by atoms with Crippen molar-refractivity contribution in [1.29, 1.82) is 0 Å². The SMILES string of the molecule is CC(O[Si](C)(C)C(C)(C)C)C1NC(=O)C1C(C)C(=O)Sc1ccccc1. The number of carbonyl (C=O) groups is 2. The molecule has 1 aliphatic rings. The van der Waals surface area contributed by atoms with Crippen LogP contribution in [-0.2, 0) is 14.0 Å². The number of nitrogens with one attached hydrogen (secondary N) is 1.